The van der Waals surface area contributed by atoms with E-state index in [0.29, 0.717) is 11.3 Å². The maximum Gasteiger partial charge on any atom is 0.278 e. The fourth-order valence-electron chi connectivity index (χ4n) is 2.58. The van der Waals surface area contributed by atoms with Gasteiger partial charge in [-0.3, -0.25) is 9.59 Å². The summed E-state index contributed by atoms with van der Waals surface area (Å²) < 4.78 is 0. The quantitative estimate of drug-likeness (QED) is 0.912. The molecule has 0 bridgehead atoms. The Balaban J connectivity index is 1.89. The monoisotopic (exact) mass is 312 g/mol. The topological polar surface area (TPSA) is 58.5 Å². The summed E-state index contributed by atoms with van der Waals surface area (Å²) in [6.45, 7) is 4.14. The Morgan fingerprint density at radius 2 is 2.18 bits per heavy atom. The molecule has 0 fully saturated rings. The van der Waals surface area contributed by atoms with Crippen LogP contribution in [0.5, 0.6) is 0 Å². The fourth-order valence-corrected chi connectivity index (χ4v) is 3.21. The lowest BCUT2D eigenvalue weighted by Gasteiger charge is -2.29. The van der Waals surface area contributed by atoms with Crippen LogP contribution < -0.4 is 5.32 Å². The van der Waals surface area contributed by atoms with Crippen molar-refractivity contribution >= 4 is 28.9 Å². The number of carbonyl (C=O) groups is 2. The van der Waals surface area contributed by atoms with E-state index in [1.54, 1.807) is 23.6 Å². The molecule has 1 N–H and O–H groups in total. The number of aliphatic imine (C=N–C) groups is 1. The molecule has 112 valence electrons. The molecule has 0 saturated carbocycles. The molecule has 22 heavy (non-hydrogen) atoms. The third-order valence-electron chi connectivity index (χ3n) is 3.69. The molecule has 1 aliphatic carbocycles. The van der Waals surface area contributed by atoms with Crippen LogP contribution in [-0.4, -0.2) is 17.5 Å². The molecule has 1 aromatic heterocycles. The molecule has 0 spiro atoms. The summed E-state index contributed by atoms with van der Waals surface area (Å²) in [5.41, 5.74) is 3.01. The van der Waals surface area contributed by atoms with Gasteiger partial charge < -0.3 is 5.32 Å². The Labute approximate surface area is 133 Å². The molecule has 1 aromatic rings. The zero-order valence-corrected chi connectivity index (χ0v) is 13.2. The third kappa shape index (κ3) is 2.85. The van der Waals surface area contributed by atoms with Crippen molar-refractivity contribution < 1.29 is 9.59 Å². The summed E-state index contributed by atoms with van der Waals surface area (Å²) in [6, 6.07) is 1.75. The SMILES string of the molecule is CC(C)C1=CC(=O)NC2=CC(=NC(=O)c3ccsc3)C=CC21. The molecule has 1 atom stereocenters. The van der Waals surface area contributed by atoms with Crippen LogP contribution in [0.25, 0.3) is 0 Å². The Morgan fingerprint density at radius 3 is 2.86 bits per heavy atom. The Hall–Kier alpha value is -2.27. The van der Waals surface area contributed by atoms with Gasteiger partial charge in [0.05, 0.1) is 11.3 Å². The first-order chi connectivity index (χ1) is 10.5. The number of thiophene rings is 1. The number of allylic oxidation sites excluding steroid dienone is 3. The first-order valence-corrected chi connectivity index (χ1v) is 8.06. The van der Waals surface area contributed by atoms with Crippen molar-refractivity contribution in [3.63, 3.8) is 0 Å². The van der Waals surface area contributed by atoms with Crippen molar-refractivity contribution in [3.05, 3.63) is 58.0 Å². The molecule has 2 amide bonds. The van der Waals surface area contributed by atoms with Crippen molar-refractivity contribution in [1.29, 1.82) is 0 Å². The van der Waals surface area contributed by atoms with E-state index >= 15 is 0 Å². The molecule has 0 aromatic carbocycles. The summed E-state index contributed by atoms with van der Waals surface area (Å²) in [4.78, 5) is 27.9. The summed E-state index contributed by atoms with van der Waals surface area (Å²) in [5, 5.41) is 6.47. The first-order valence-electron chi connectivity index (χ1n) is 7.12. The van der Waals surface area contributed by atoms with E-state index in [2.05, 4.69) is 24.2 Å². The second kappa shape index (κ2) is 5.85. The van der Waals surface area contributed by atoms with Crippen LogP contribution in [0.2, 0.25) is 0 Å². The Morgan fingerprint density at radius 1 is 1.36 bits per heavy atom. The van der Waals surface area contributed by atoms with Gasteiger partial charge >= 0.3 is 0 Å². The molecule has 1 aliphatic heterocycles. The van der Waals surface area contributed by atoms with Gasteiger partial charge in [0.25, 0.3) is 5.91 Å². The number of nitrogens with one attached hydrogen (secondary N) is 1. The Kier molecular flexibility index (Phi) is 3.90. The molecule has 3 rings (SSSR count). The van der Waals surface area contributed by atoms with E-state index < -0.39 is 0 Å². The number of rotatable bonds is 2. The molecular formula is C17H16N2O2S. The van der Waals surface area contributed by atoms with Crippen LogP contribution in [0.15, 0.2) is 57.4 Å². The molecule has 2 heterocycles. The first kappa shape index (κ1) is 14.7. The molecule has 5 heteroatoms. The second-order valence-corrected chi connectivity index (χ2v) is 6.36. The van der Waals surface area contributed by atoms with Crippen LogP contribution in [0.1, 0.15) is 24.2 Å². The normalized spacial score (nSPS) is 22.2. The number of hydrogen-bond acceptors (Lipinski definition) is 3. The summed E-state index contributed by atoms with van der Waals surface area (Å²) in [5.74, 6) is -0.0362. The highest BCUT2D eigenvalue weighted by molar-refractivity contribution is 7.08. The van der Waals surface area contributed by atoms with E-state index in [4.69, 9.17) is 0 Å². The molecule has 4 nitrogen and oxygen atoms in total. The van der Waals surface area contributed by atoms with E-state index in [9.17, 15) is 9.59 Å². The number of hydrogen-bond donors (Lipinski definition) is 1. The molecule has 1 unspecified atom stereocenters. The maximum atomic E-state index is 12.0. The van der Waals surface area contributed by atoms with Crippen LogP contribution in [-0.2, 0) is 4.79 Å². The largest absolute Gasteiger partial charge is 0.325 e. The van der Waals surface area contributed by atoms with Gasteiger partial charge in [-0.05, 0) is 35.1 Å². The van der Waals surface area contributed by atoms with E-state index in [1.165, 1.54) is 11.3 Å². The van der Waals surface area contributed by atoms with Crippen molar-refractivity contribution in [2.24, 2.45) is 16.8 Å². The summed E-state index contributed by atoms with van der Waals surface area (Å²) in [7, 11) is 0. The number of carbonyl (C=O) groups excluding carboxylic acids is 2. The molecule has 0 saturated heterocycles. The van der Waals surface area contributed by atoms with Gasteiger partial charge in [0.1, 0.15) is 0 Å². The lowest BCUT2D eigenvalue weighted by molar-refractivity contribution is -0.116. The highest BCUT2D eigenvalue weighted by Gasteiger charge is 2.27. The highest BCUT2D eigenvalue weighted by Crippen LogP contribution is 2.31. The molecule has 2 aliphatic rings. The van der Waals surface area contributed by atoms with Crippen molar-refractivity contribution in [2.75, 3.05) is 0 Å². The standard InChI is InChI=1S/C17H16N2O2S/c1-10(2)14-8-16(20)19-15-7-12(3-4-13(14)15)18-17(21)11-5-6-22-9-11/h3-10,13H,1-2H3,(H,19,20). The van der Waals surface area contributed by atoms with Gasteiger partial charge in [-0.15, -0.1) is 0 Å². The molecule has 0 radical (unpaired) electrons. The van der Waals surface area contributed by atoms with Gasteiger partial charge in [-0.2, -0.15) is 11.3 Å². The summed E-state index contributed by atoms with van der Waals surface area (Å²) in [6.07, 6.45) is 7.27. The fraction of sp³-hybridized carbons (Fsp3) is 0.235. The lowest BCUT2D eigenvalue weighted by Crippen LogP contribution is -2.34. The van der Waals surface area contributed by atoms with Crippen LogP contribution in [0.4, 0.5) is 0 Å². The average molecular weight is 312 g/mol. The van der Waals surface area contributed by atoms with Crippen LogP contribution in [0, 0.1) is 11.8 Å². The minimum atomic E-state index is -0.266. The number of nitrogens with zero attached hydrogens (tertiary/aromatic N) is 1. The van der Waals surface area contributed by atoms with Crippen LogP contribution >= 0.6 is 11.3 Å². The van der Waals surface area contributed by atoms with Gasteiger partial charge in [0.15, 0.2) is 0 Å². The predicted octanol–water partition coefficient (Wildman–Crippen LogP) is 3.11. The number of amides is 2. The van der Waals surface area contributed by atoms with Crippen molar-refractivity contribution in [1.82, 2.24) is 5.32 Å². The summed E-state index contributed by atoms with van der Waals surface area (Å²) >= 11 is 1.46. The predicted molar refractivity (Wildman–Crippen MR) is 87.9 cm³/mol. The maximum absolute atomic E-state index is 12.0. The smallest absolute Gasteiger partial charge is 0.278 e. The van der Waals surface area contributed by atoms with Crippen LogP contribution in [0.3, 0.4) is 0 Å². The molecular weight excluding hydrogens is 296 g/mol. The zero-order chi connectivity index (χ0) is 15.7. The van der Waals surface area contributed by atoms with Crippen molar-refractivity contribution in [2.45, 2.75) is 13.8 Å². The highest BCUT2D eigenvalue weighted by atomic mass is 32.1. The van der Waals surface area contributed by atoms with Crippen molar-refractivity contribution in [3.8, 4) is 0 Å². The van der Waals surface area contributed by atoms with Gasteiger partial charge in [0.2, 0.25) is 5.91 Å². The zero-order valence-electron chi connectivity index (χ0n) is 12.4. The minimum Gasteiger partial charge on any atom is -0.325 e. The average Bonchev–Trinajstić information content (AvgIpc) is 3.00. The van der Waals surface area contributed by atoms with E-state index in [1.807, 2.05) is 17.5 Å². The van der Waals surface area contributed by atoms with E-state index in [-0.39, 0.29) is 23.7 Å². The second-order valence-electron chi connectivity index (χ2n) is 5.58. The third-order valence-corrected chi connectivity index (χ3v) is 4.37. The van der Waals surface area contributed by atoms with Gasteiger partial charge in [0, 0.05) is 23.1 Å². The number of fused-ring (bicyclic) bond motifs is 1. The minimum absolute atomic E-state index is 0.0629. The van der Waals surface area contributed by atoms with E-state index in [0.717, 1.165) is 11.3 Å². The van der Waals surface area contributed by atoms with Gasteiger partial charge in [-0.25, -0.2) is 4.99 Å². The van der Waals surface area contributed by atoms with Gasteiger partial charge in [-0.1, -0.05) is 19.9 Å². The lowest BCUT2D eigenvalue weighted by atomic mass is 9.82. The Bertz CT molecular complexity index is 737.